The number of para-hydroxylation sites is 1. The molecule has 0 atom stereocenters. The summed E-state index contributed by atoms with van der Waals surface area (Å²) in [5, 5.41) is 3.22. The minimum Gasteiger partial charge on any atom is -0.481 e. The lowest BCUT2D eigenvalue weighted by Gasteiger charge is -2.27. The number of anilines is 1. The van der Waals surface area contributed by atoms with Crippen LogP contribution in [0.5, 0.6) is 5.75 Å². The lowest BCUT2D eigenvalue weighted by Crippen LogP contribution is -2.30. The molecule has 1 amide bonds. The Kier molecular flexibility index (Phi) is 9.04. The molecule has 1 aliphatic rings. The van der Waals surface area contributed by atoms with Gasteiger partial charge in [0.1, 0.15) is 5.00 Å². The number of thiophene rings is 1. The second kappa shape index (κ2) is 12.0. The number of esters is 1. The summed E-state index contributed by atoms with van der Waals surface area (Å²) < 4.78 is 24.3. The number of carbonyl (C=O) groups excluding carboxylic acids is 2. The summed E-state index contributed by atoms with van der Waals surface area (Å²) >= 11 is 1.38. The Balaban J connectivity index is 0.00000324. The van der Waals surface area contributed by atoms with E-state index in [0.717, 1.165) is 23.5 Å². The summed E-state index contributed by atoms with van der Waals surface area (Å²) in [5.74, 6) is -1.46. The molecule has 2 aromatic carbocycles. The molecule has 0 spiro atoms. The molecule has 9 heteroatoms. The molecule has 1 aliphatic heterocycles. The Morgan fingerprint density at radius 3 is 2.59 bits per heavy atom. The fraction of sp³-hybridized carbons (Fsp3) is 0.280. The van der Waals surface area contributed by atoms with Crippen LogP contribution in [0.1, 0.15) is 33.3 Å². The minimum absolute atomic E-state index is 0. The lowest BCUT2D eigenvalue weighted by molar-refractivity contribution is -0.118. The fourth-order valence-electron chi connectivity index (χ4n) is 3.81. The topological polar surface area (TPSA) is 67.9 Å². The van der Waals surface area contributed by atoms with Gasteiger partial charge in [-0.05, 0) is 36.6 Å². The van der Waals surface area contributed by atoms with Gasteiger partial charge >= 0.3 is 5.97 Å². The first-order chi connectivity index (χ1) is 16.0. The number of benzene rings is 2. The number of nitrogens with one attached hydrogen (secondary N) is 1. The summed E-state index contributed by atoms with van der Waals surface area (Å²) in [6.45, 7) is 3.92. The van der Waals surface area contributed by atoms with Crippen LogP contribution in [-0.2, 0) is 29.0 Å². The Morgan fingerprint density at radius 1 is 1.12 bits per heavy atom. The van der Waals surface area contributed by atoms with Crippen LogP contribution >= 0.6 is 23.7 Å². The van der Waals surface area contributed by atoms with Crippen molar-refractivity contribution < 1.29 is 23.5 Å². The first-order valence-electron chi connectivity index (χ1n) is 10.8. The van der Waals surface area contributed by atoms with E-state index in [1.807, 2.05) is 18.2 Å². The highest BCUT2D eigenvalue weighted by molar-refractivity contribution is 7.17. The van der Waals surface area contributed by atoms with Gasteiger partial charge in [0.05, 0.1) is 12.2 Å². The van der Waals surface area contributed by atoms with Crippen molar-refractivity contribution in [2.75, 3.05) is 25.1 Å². The summed E-state index contributed by atoms with van der Waals surface area (Å²) in [6.07, 6.45) is 0.689. The van der Waals surface area contributed by atoms with E-state index in [1.54, 1.807) is 19.1 Å². The molecule has 0 fully saturated rings. The Hall–Kier alpha value is -2.94. The molecule has 180 valence electrons. The number of amides is 1. The van der Waals surface area contributed by atoms with E-state index in [1.165, 1.54) is 29.0 Å². The zero-order valence-electron chi connectivity index (χ0n) is 18.7. The number of hydrogen-bond acceptors (Lipinski definition) is 6. The van der Waals surface area contributed by atoms with Gasteiger partial charge in [0.2, 0.25) is 0 Å². The highest BCUT2D eigenvalue weighted by Gasteiger charge is 2.29. The van der Waals surface area contributed by atoms with E-state index in [0.29, 0.717) is 23.5 Å². The normalized spacial score (nSPS) is 12.9. The molecule has 0 unspecified atom stereocenters. The van der Waals surface area contributed by atoms with Crippen molar-refractivity contribution in [3.63, 3.8) is 0 Å². The maximum Gasteiger partial charge on any atom is 0.341 e. The molecule has 2 heterocycles. The highest BCUT2D eigenvalue weighted by Crippen LogP contribution is 2.38. The number of fused-ring (bicyclic) bond motifs is 1. The SMILES string of the molecule is CCOC(=O)c1c(NC(=O)COc2ccccc2F)sc2c1CCN(Cc1ccccc1)C2.Cl. The first kappa shape index (κ1) is 25.7. The second-order valence-corrected chi connectivity index (χ2v) is 8.75. The van der Waals surface area contributed by atoms with Crippen molar-refractivity contribution >= 4 is 40.6 Å². The number of carbonyl (C=O) groups is 2. The van der Waals surface area contributed by atoms with Crippen molar-refractivity contribution in [2.45, 2.75) is 26.4 Å². The van der Waals surface area contributed by atoms with Crippen LogP contribution in [0, 0.1) is 5.82 Å². The van der Waals surface area contributed by atoms with Crippen LogP contribution < -0.4 is 10.1 Å². The van der Waals surface area contributed by atoms with Crippen molar-refractivity contribution in [2.24, 2.45) is 0 Å². The summed E-state index contributed by atoms with van der Waals surface area (Å²) in [7, 11) is 0. The predicted octanol–water partition coefficient (Wildman–Crippen LogP) is 5.06. The fourth-order valence-corrected chi connectivity index (χ4v) is 5.10. The van der Waals surface area contributed by atoms with Gasteiger partial charge in [-0.1, -0.05) is 42.5 Å². The third kappa shape index (κ3) is 6.14. The molecule has 0 aliphatic carbocycles. The molecule has 34 heavy (non-hydrogen) atoms. The summed E-state index contributed by atoms with van der Waals surface area (Å²) in [5.41, 5.74) is 2.56. The predicted molar refractivity (Wildman–Crippen MR) is 132 cm³/mol. The summed E-state index contributed by atoms with van der Waals surface area (Å²) in [4.78, 5) is 28.6. The third-order valence-electron chi connectivity index (χ3n) is 5.31. The third-order valence-corrected chi connectivity index (χ3v) is 6.45. The average Bonchev–Trinajstić information content (AvgIpc) is 3.16. The van der Waals surface area contributed by atoms with E-state index in [2.05, 4.69) is 22.3 Å². The number of hydrogen-bond donors (Lipinski definition) is 1. The standard InChI is InChI=1S/C25H25FN2O4S.ClH/c1-2-31-25(30)23-18-12-13-28(14-17-8-4-3-5-9-17)15-21(18)33-24(23)27-22(29)16-32-20-11-7-6-10-19(20)26;/h3-11H,2,12-16H2,1H3,(H,27,29);1H. The maximum atomic E-state index is 13.7. The van der Waals surface area contributed by atoms with Gasteiger partial charge in [-0.15, -0.1) is 23.7 Å². The zero-order chi connectivity index (χ0) is 23.2. The highest BCUT2D eigenvalue weighted by atomic mass is 35.5. The van der Waals surface area contributed by atoms with E-state index in [4.69, 9.17) is 9.47 Å². The number of rotatable bonds is 8. The van der Waals surface area contributed by atoms with Crippen molar-refractivity contribution in [1.29, 1.82) is 0 Å². The van der Waals surface area contributed by atoms with Crippen LogP contribution in [-0.4, -0.2) is 36.5 Å². The number of ether oxygens (including phenoxy) is 2. The Labute approximate surface area is 208 Å². The molecule has 1 N–H and O–H groups in total. The minimum atomic E-state index is -0.539. The van der Waals surface area contributed by atoms with Crippen LogP contribution in [0.25, 0.3) is 0 Å². The van der Waals surface area contributed by atoms with Gasteiger partial charge < -0.3 is 14.8 Å². The van der Waals surface area contributed by atoms with Crippen LogP contribution in [0.4, 0.5) is 9.39 Å². The smallest absolute Gasteiger partial charge is 0.341 e. The van der Waals surface area contributed by atoms with Gasteiger partial charge in [-0.25, -0.2) is 9.18 Å². The molecular formula is C25H26ClFN2O4S. The molecule has 3 aromatic rings. The molecule has 0 saturated heterocycles. The van der Waals surface area contributed by atoms with Crippen LogP contribution in [0.3, 0.4) is 0 Å². The maximum absolute atomic E-state index is 13.7. The van der Waals surface area contributed by atoms with E-state index < -0.39 is 17.7 Å². The van der Waals surface area contributed by atoms with E-state index >= 15 is 0 Å². The van der Waals surface area contributed by atoms with Gasteiger partial charge in [0.15, 0.2) is 18.2 Å². The van der Waals surface area contributed by atoms with Crippen LogP contribution in [0.2, 0.25) is 0 Å². The zero-order valence-corrected chi connectivity index (χ0v) is 20.3. The van der Waals surface area contributed by atoms with Crippen molar-refractivity contribution in [1.82, 2.24) is 4.90 Å². The Bertz CT molecular complexity index is 1140. The molecule has 0 saturated carbocycles. The molecule has 1 aromatic heterocycles. The van der Waals surface area contributed by atoms with Crippen LogP contribution in [0.15, 0.2) is 54.6 Å². The van der Waals surface area contributed by atoms with Gasteiger partial charge in [-0.3, -0.25) is 9.69 Å². The van der Waals surface area contributed by atoms with Gasteiger partial charge in [-0.2, -0.15) is 0 Å². The number of nitrogens with zero attached hydrogens (tertiary/aromatic N) is 1. The second-order valence-electron chi connectivity index (χ2n) is 7.64. The molecule has 0 bridgehead atoms. The van der Waals surface area contributed by atoms with Crippen molar-refractivity contribution in [3.8, 4) is 5.75 Å². The molecule has 4 rings (SSSR count). The molecule has 0 radical (unpaired) electrons. The number of halogens is 2. The lowest BCUT2D eigenvalue weighted by atomic mass is 10.0. The summed E-state index contributed by atoms with van der Waals surface area (Å²) in [6, 6.07) is 16.1. The van der Waals surface area contributed by atoms with E-state index in [-0.39, 0.29) is 31.4 Å². The van der Waals surface area contributed by atoms with Gasteiger partial charge in [0, 0.05) is 24.5 Å². The molecule has 6 nitrogen and oxygen atoms in total. The first-order valence-corrected chi connectivity index (χ1v) is 11.6. The molecular weight excluding hydrogens is 479 g/mol. The average molecular weight is 505 g/mol. The van der Waals surface area contributed by atoms with Gasteiger partial charge in [0.25, 0.3) is 5.91 Å². The monoisotopic (exact) mass is 504 g/mol. The van der Waals surface area contributed by atoms with Crippen molar-refractivity contribution in [3.05, 3.63) is 82.0 Å². The largest absolute Gasteiger partial charge is 0.481 e. The Morgan fingerprint density at radius 2 is 1.85 bits per heavy atom. The van der Waals surface area contributed by atoms with E-state index in [9.17, 15) is 14.0 Å². The quantitative estimate of drug-likeness (QED) is 0.434.